The molecular formula is C22H31N3O3. The molecule has 0 atom stereocenters. The fourth-order valence-corrected chi connectivity index (χ4v) is 4.39. The molecular weight excluding hydrogens is 354 g/mol. The molecule has 28 heavy (non-hydrogen) atoms. The molecule has 0 aliphatic carbocycles. The lowest BCUT2D eigenvalue weighted by molar-refractivity contribution is 0.0256. The van der Waals surface area contributed by atoms with E-state index in [1.165, 1.54) is 19.3 Å². The summed E-state index contributed by atoms with van der Waals surface area (Å²) < 4.78 is 10.8. The SMILES string of the molecule is COc1ccc2[nH]c(C(=O)N(CCN3CCCCC3)C3CCOCC3)cc2c1. The third-order valence-corrected chi connectivity index (χ3v) is 6.06. The average molecular weight is 386 g/mol. The number of H-pyrrole nitrogens is 1. The fourth-order valence-electron chi connectivity index (χ4n) is 4.39. The van der Waals surface area contributed by atoms with Crippen molar-refractivity contribution < 1.29 is 14.3 Å². The smallest absolute Gasteiger partial charge is 0.270 e. The van der Waals surface area contributed by atoms with Crippen LogP contribution < -0.4 is 4.74 Å². The van der Waals surface area contributed by atoms with Gasteiger partial charge in [0.2, 0.25) is 0 Å². The van der Waals surface area contributed by atoms with Crippen LogP contribution in [0.4, 0.5) is 0 Å². The molecule has 1 N–H and O–H groups in total. The highest BCUT2D eigenvalue weighted by Gasteiger charge is 2.28. The predicted molar refractivity (Wildman–Crippen MR) is 110 cm³/mol. The van der Waals surface area contributed by atoms with Crippen LogP contribution in [-0.4, -0.2) is 73.2 Å². The molecule has 0 radical (unpaired) electrons. The monoisotopic (exact) mass is 385 g/mol. The van der Waals surface area contributed by atoms with Crippen molar-refractivity contribution in [1.29, 1.82) is 0 Å². The summed E-state index contributed by atoms with van der Waals surface area (Å²) in [5.41, 5.74) is 1.63. The van der Waals surface area contributed by atoms with E-state index >= 15 is 0 Å². The van der Waals surface area contributed by atoms with Gasteiger partial charge in [-0.15, -0.1) is 0 Å². The van der Waals surface area contributed by atoms with Crippen LogP contribution in [-0.2, 0) is 4.74 Å². The first-order valence-electron chi connectivity index (χ1n) is 10.5. The average Bonchev–Trinajstić information content (AvgIpc) is 3.18. The molecule has 2 aromatic rings. The molecule has 1 amide bonds. The van der Waals surface area contributed by atoms with Gasteiger partial charge in [0, 0.05) is 43.2 Å². The number of benzene rings is 1. The van der Waals surface area contributed by atoms with Gasteiger partial charge in [-0.1, -0.05) is 6.42 Å². The Bertz CT molecular complexity index is 791. The summed E-state index contributed by atoms with van der Waals surface area (Å²) in [5, 5.41) is 1.01. The number of nitrogens with one attached hydrogen (secondary N) is 1. The molecule has 0 spiro atoms. The van der Waals surface area contributed by atoms with E-state index in [1.807, 2.05) is 24.3 Å². The van der Waals surface area contributed by atoms with E-state index < -0.39 is 0 Å². The van der Waals surface area contributed by atoms with Crippen molar-refractivity contribution in [1.82, 2.24) is 14.8 Å². The maximum absolute atomic E-state index is 13.4. The van der Waals surface area contributed by atoms with Crippen molar-refractivity contribution in [3.8, 4) is 5.75 Å². The zero-order valence-electron chi connectivity index (χ0n) is 16.8. The third kappa shape index (κ3) is 4.33. The molecule has 2 aliphatic rings. The summed E-state index contributed by atoms with van der Waals surface area (Å²) in [6.45, 7) is 5.52. The first-order chi connectivity index (χ1) is 13.7. The standard InChI is InChI=1S/C22H31N3O3/c1-27-19-5-6-20-17(15-19)16-21(23-20)22(26)25(18-7-13-28-14-8-18)12-11-24-9-3-2-4-10-24/h5-6,15-16,18,23H,2-4,7-14H2,1H3. The second kappa shape index (κ2) is 8.97. The van der Waals surface area contributed by atoms with Crippen LogP contribution in [0.2, 0.25) is 0 Å². The number of fused-ring (bicyclic) bond motifs is 1. The van der Waals surface area contributed by atoms with E-state index in [1.54, 1.807) is 7.11 Å². The quantitative estimate of drug-likeness (QED) is 0.829. The van der Waals surface area contributed by atoms with Gasteiger partial charge in [0.15, 0.2) is 0 Å². The molecule has 3 heterocycles. The second-order valence-corrected chi connectivity index (χ2v) is 7.88. The first kappa shape index (κ1) is 19.3. The van der Waals surface area contributed by atoms with Gasteiger partial charge in [-0.2, -0.15) is 0 Å². The number of hydrogen-bond acceptors (Lipinski definition) is 4. The Kier molecular flexibility index (Phi) is 6.17. The van der Waals surface area contributed by atoms with Crippen molar-refractivity contribution in [3.63, 3.8) is 0 Å². The number of nitrogens with zero attached hydrogens (tertiary/aromatic N) is 2. The molecule has 4 rings (SSSR count). The molecule has 2 saturated heterocycles. The molecule has 0 unspecified atom stereocenters. The zero-order chi connectivity index (χ0) is 19.3. The normalized spacial score (nSPS) is 19.0. The van der Waals surface area contributed by atoms with E-state index in [2.05, 4.69) is 14.8 Å². The highest BCUT2D eigenvalue weighted by Crippen LogP contribution is 2.24. The Balaban J connectivity index is 1.52. The summed E-state index contributed by atoms with van der Waals surface area (Å²) in [4.78, 5) is 21.3. The van der Waals surface area contributed by atoms with Gasteiger partial charge in [-0.3, -0.25) is 4.79 Å². The van der Waals surface area contributed by atoms with E-state index in [-0.39, 0.29) is 11.9 Å². The highest BCUT2D eigenvalue weighted by atomic mass is 16.5. The van der Waals surface area contributed by atoms with Crippen LogP contribution in [0.25, 0.3) is 10.9 Å². The number of rotatable bonds is 6. The van der Waals surface area contributed by atoms with Crippen LogP contribution in [0, 0.1) is 0 Å². The lowest BCUT2D eigenvalue weighted by Crippen LogP contribution is -2.47. The summed E-state index contributed by atoms with van der Waals surface area (Å²) >= 11 is 0. The minimum absolute atomic E-state index is 0.0964. The number of methoxy groups -OCH3 is 1. The van der Waals surface area contributed by atoms with E-state index in [0.29, 0.717) is 5.69 Å². The Hall–Kier alpha value is -2.05. The Morgan fingerprint density at radius 1 is 1.21 bits per heavy atom. The molecule has 2 fully saturated rings. The lowest BCUT2D eigenvalue weighted by atomic mass is 10.1. The van der Waals surface area contributed by atoms with Crippen LogP contribution in [0.5, 0.6) is 5.75 Å². The number of amides is 1. The number of carbonyl (C=O) groups is 1. The molecule has 0 bridgehead atoms. The van der Waals surface area contributed by atoms with Crippen molar-refractivity contribution in [3.05, 3.63) is 30.0 Å². The largest absolute Gasteiger partial charge is 0.497 e. The fraction of sp³-hybridized carbons (Fsp3) is 0.591. The summed E-state index contributed by atoms with van der Waals surface area (Å²) in [7, 11) is 1.66. The highest BCUT2D eigenvalue weighted by molar-refractivity contribution is 5.98. The van der Waals surface area contributed by atoms with E-state index in [0.717, 1.165) is 68.9 Å². The summed E-state index contributed by atoms with van der Waals surface area (Å²) in [6, 6.07) is 8.06. The maximum atomic E-state index is 13.4. The van der Waals surface area contributed by atoms with E-state index in [9.17, 15) is 4.79 Å². The Morgan fingerprint density at radius 3 is 2.75 bits per heavy atom. The first-order valence-corrected chi connectivity index (χ1v) is 10.5. The van der Waals surface area contributed by atoms with Crippen LogP contribution in [0.1, 0.15) is 42.6 Å². The van der Waals surface area contributed by atoms with Gasteiger partial charge < -0.3 is 24.3 Å². The number of aromatic amines is 1. The molecule has 1 aromatic carbocycles. The minimum Gasteiger partial charge on any atom is -0.497 e. The van der Waals surface area contributed by atoms with Gasteiger partial charge in [0.25, 0.3) is 5.91 Å². The van der Waals surface area contributed by atoms with Crippen molar-refractivity contribution >= 4 is 16.8 Å². The van der Waals surface area contributed by atoms with Gasteiger partial charge in [0.1, 0.15) is 11.4 Å². The third-order valence-electron chi connectivity index (χ3n) is 6.06. The topological polar surface area (TPSA) is 57.8 Å². The van der Waals surface area contributed by atoms with Crippen molar-refractivity contribution in [2.45, 2.75) is 38.1 Å². The van der Waals surface area contributed by atoms with Gasteiger partial charge in [-0.05, 0) is 63.0 Å². The number of carbonyl (C=O) groups excluding carboxylic acids is 1. The molecule has 0 saturated carbocycles. The number of likely N-dealkylation sites (tertiary alicyclic amines) is 1. The lowest BCUT2D eigenvalue weighted by Gasteiger charge is -2.36. The summed E-state index contributed by atoms with van der Waals surface area (Å²) in [6.07, 6.45) is 5.71. The number of ether oxygens (including phenoxy) is 2. The van der Waals surface area contributed by atoms with Crippen LogP contribution >= 0.6 is 0 Å². The second-order valence-electron chi connectivity index (χ2n) is 7.88. The van der Waals surface area contributed by atoms with Gasteiger partial charge in [-0.25, -0.2) is 0 Å². The summed E-state index contributed by atoms with van der Waals surface area (Å²) in [5.74, 6) is 0.899. The van der Waals surface area contributed by atoms with Gasteiger partial charge >= 0.3 is 0 Å². The molecule has 2 aliphatic heterocycles. The molecule has 152 valence electrons. The maximum Gasteiger partial charge on any atom is 0.270 e. The van der Waals surface area contributed by atoms with Crippen LogP contribution in [0.3, 0.4) is 0 Å². The number of aromatic nitrogens is 1. The van der Waals surface area contributed by atoms with Crippen LogP contribution in [0.15, 0.2) is 24.3 Å². The number of hydrogen-bond donors (Lipinski definition) is 1. The predicted octanol–water partition coefficient (Wildman–Crippen LogP) is 3.28. The van der Waals surface area contributed by atoms with Gasteiger partial charge in [0.05, 0.1) is 7.11 Å². The zero-order valence-corrected chi connectivity index (χ0v) is 16.8. The molecule has 6 nitrogen and oxygen atoms in total. The molecule has 6 heteroatoms. The van der Waals surface area contributed by atoms with Crippen molar-refractivity contribution in [2.24, 2.45) is 0 Å². The van der Waals surface area contributed by atoms with Crippen molar-refractivity contribution in [2.75, 3.05) is 46.5 Å². The van der Waals surface area contributed by atoms with E-state index in [4.69, 9.17) is 9.47 Å². The molecule has 1 aromatic heterocycles. The Morgan fingerprint density at radius 2 is 2.00 bits per heavy atom. The minimum atomic E-state index is 0.0964. The Labute approximate surface area is 166 Å². The number of piperidine rings is 1.